The van der Waals surface area contributed by atoms with E-state index in [9.17, 15) is 4.79 Å². The molecule has 18 heavy (non-hydrogen) atoms. The molecule has 0 saturated heterocycles. The molecule has 1 atom stereocenters. The predicted molar refractivity (Wildman–Crippen MR) is 71.3 cm³/mol. The quantitative estimate of drug-likeness (QED) is 0.837. The van der Waals surface area contributed by atoms with Crippen molar-refractivity contribution < 1.29 is 0 Å². The fourth-order valence-corrected chi connectivity index (χ4v) is 1.64. The average Bonchev–Trinajstić information content (AvgIpc) is 2.41. The zero-order valence-corrected chi connectivity index (χ0v) is 10.2. The molecule has 5 heteroatoms. The minimum absolute atomic E-state index is 0.155. The van der Waals surface area contributed by atoms with Gasteiger partial charge in [0.25, 0.3) is 5.56 Å². The molecule has 0 aliphatic rings. The number of aromatic nitrogens is 2. The van der Waals surface area contributed by atoms with Crippen molar-refractivity contribution in [3.8, 4) is 0 Å². The standard InChI is InChI=1S/C13H16N4O/c1-17-8-7-15-12(13(17)18)16-9-11(14)10-5-3-2-4-6-10/h2-8,11H,9,14H2,1H3,(H,15,16). The van der Waals surface area contributed by atoms with Crippen LogP contribution in [0.25, 0.3) is 0 Å². The summed E-state index contributed by atoms with van der Waals surface area (Å²) in [6.45, 7) is 0.469. The van der Waals surface area contributed by atoms with E-state index in [4.69, 9.17) is 5.73 Å². The minimum Gasteiger partial charge on any atom is -0.364 e. The third-order valence-corrected chi connectivity index (χ3v) is 2.73. The highest BCUT2D eigenvalue weighted by Gasteiger charge is 2.07. The van der Waals surface area contributed by atoms with Gasteiger partial charge in [0.1, 0.15) is 0 Å². The van der Waals surface area contributed by atoms with Crippen LogP contribution in [-0.4, -0.2) is 16.1 Å². The summed E-state index contributed by atoms with van der Waals surface area (Å²) in [7, 11) is 1.69. The van der Waals surface area contributed by atoms with Gasteiger partial charge in [0.05, 0.1) is 0 Å². The van der Waals surface area contributed by atoms with Crippen molar-refractivity contribution in [2.24, 2.45) is 12.8 Å². The number of nitrogens with two attached hydrogens (primary N) is 1. The summed E-state index contributed by atoms with van der Waals surface area (Å²) in [6.07, 6.45) is 3.20. The largest absolute Gasteiger partial charge is 0.364 e. The number of aryl methyl sites for hydroxylation is 1. The summed E-state index contributed by atoms with van der Waals surface area (Å²) < 4.78 is 1.48. The average molecular weight is 244 g/mol. The van der Waals surface area contributed by atoms with Crippen molar-refractivity contribution in [3.63, 3.8) is 0 Å². The van der Waals surface area contributed by atoms with Crippen LogP contribution in [0.1, 0.15) is 11.6 Å². The van der Waals surface area contributed by atoms with Gasteiger partial charge in [-0.15, -0.1) is 0 Å². The second-order valence-corrected chi connectivity index (χ2v) is 4.09. The molecule has 94 valence electrons. The van der Waals surface area contributed by atoms with Crippen molar-refractivity contribution in [3.05, 3.63) is 58.6 Å². The molecule has 1 aromatic heterocycles. The summed E-state index contributed by atoms with van der Waals surface area (Å²) in [5, 5.41) is 2.98. The second kappa shape index (κ2) is 5.46. The number of nitrogens with one attached hydrogen (secondary N) is 1. The lowest BCUT2D eigenvalue weighted by atomic mass is 10.1. The summed E-state index contributed by atoms with van der Waals surface area (Å²) in [4.78, 5) is 15.7. The van der Waals surface area contributed by atoms with Gasteiger partial charge in [0.15, 0.2) is 5.82 Å². The van der Waals surface area contributed by atoms with Crippen molar-refractivity contribution in [1.82, 2.24) is 9.55 Å². The maximum absolute atomic E-state index is 11.7. The summed E-state index contributed by atoms with van der Waals surface area (Å²) >= 11 is 0. The highest BCUT2D eigenvalue weighted by atomic mass is 16.1. The molecule has 0 amide bonds. The van der Waals surface area contributed by atoms with E-state index >= 15 is 0 Å². The Bertz CT molecular complexity index is 565. The Kier molecular flexibility index (Phi) is 3.74. The Balaban J connectivity index is 2.04. The molecular weight excluding hydrogens is 228 g/mol. The van der Waals surface area contributed by atoms with Crippen LogP contribution in [0.4, 0.5) is 5.82 Å². The molecule has 0 aliphatic heterocycles. The number of benzene rings is 1. The fourth-order valence-electron chi connectivity index (χ4n) is 1.64. The number of hydrogen-bond donors (Lipinski definition) is 2. The summed E-state index contributed by atoms with van der Waals surface area (Å²) in [5.41, 5.74) is 6.90. The molecule has 0 aliphatic carbocycles. The molecule has 0 bridgehead atoms. The molecular formula is C13H16N4O. The lowest BCUT2D eigenvalue weighted by Gasteiger charge is -2.13. The number of hydrogen-bond acceptors (Lipinski definition) is 4. The van der Waals surface area contributed by atoms with Crippen LogP contribution in [0.5, 0.6) is 0 Å². The third-order valence-electron chi connectivity index (χ3n) is 2.73. The van der Waals surface area contributed by atoms with Gasteiger partial charge in [0, 0.05) is 32.0 Å². The van der Waals surface area contributed by atoms with Crippen LogP contribution in [-0.2, 0) is 7.05 Å². The zero-order valence-electron chi connectivity index (χ0n) is 10.2. The van der Waals surface area contributed by atoms with E-state index < -0.39 is 0 Å². The topological polar surface area (TPSA) is 72.9 Å². The molecule has 1 heterocycles. The SMILES string of the molecule is Cn1ccnc(NCC(N)c2ccccc2)c1=O. The summed E-state index contributed by atoms with van der Waals surface area (Å²) in [5.74, 6) is 0.325. The van der Waals surface area contributed by atoms with Crippen LogP contribution in [0.15, 0.2) is 47.5 Å². The van der Waals surface area contributed by atoms with E-state index in [0.29, 0.717) is 12.4 Å². The molecule has 2 rings (SSSR count). The maximum atomic E-state index is 11.7. The lowest BCUT2D eigenvalue weighted by Crippen LogP contribution is -2.26. The Morgan fingerprint density at radius 3 is 2.83 bits per heavy atom. The van der Waals surface area contributed by atoms with Crippen molar-refractivity contribution >= 4 is 5.82 Å². The van der Waals surface area contributed by atoms with Crippen LogP contribution in [0.2, 0.25) is 0 Å². The number of nitrogens with zero attached hydrogens (tertiary/aromatic N) is 2. The van der Waals surface area contributed by atoms with Crippen LogP contribution in [0.3, 0.4) is 0 Å². The highest BCUT2D eigenvalue weighted by Crippen LogP contribution is 2.09. The van der Waals surface area contributed by atoms with Gasteiger partial charge in [0.2, 0.25) is 0 Å². The normalized spacial score (nSPS) is 12.1. The molecule has 5 nitrogen and oxygen atoms in total. The van der Waals surface area contributed by atoms with Crippen molar-refractivity contribution in [1.29, 1.82) is 0 Å². The van der Waals surface area contributed by atoms with E-state index in [-0.39, 0.29) is 11.6 Å². The van der Waals surface area contributed by atoms with Gasteiger partial charge in [-0.2, -0.15) is 0 Å². The molecule has 0 spiro atoms. The smallest absolute Gasteiger partial charge is 0.293 e. The molecule has 0 fully saturated rings. The van der Waals surface area contributed by atoms with Gasteiger partial charge in [-0.1, -0.05) is 30.3 Å². The molecule has 2 aromatic rings. The van der Waals surface area contributed by atoms with Gasteiger partial charge >= 0.3 is 0 Å². The Hall–Kier alpha value is -2.14. The zero-order chi connectivity index (χ0) is 13.0. The van der Waals surface area contributed by atoms with Gasteiger partial charge in [-0.3, -0.25) is 4.79 Å². The molecule has 1 unspecified atom stereocenters. The van der Waals surface area contributed by atoms with Gasteiger partial charge in [-0.05, 0) is 5.56 Å². The van der Waals surface area contributed by atoms with E-state index in [1.165, 1.54) is 4.57 Å². The van der Waals surface area contributed by atoms with Crippen LogP contribution < -0.4 is 16.6 Å². The Morgan fingerprint density at radius 2 is 2.11 bits per heavy atom. The highest BCUT2D eigenvalue weighted by molar-refractivity contribution is 5.32. The lowest BCUT2D eigenvalue weighted by molar-refractivity contribution is 0.754. The van der Waals surface area contributed by atoms with E-state index in [1.807, 2.05) is 30.3 Å². The van der Waals surface area contributed by atoms with Crippen LogP contribution >= 0.6 is 0 Å². The van der Waals surface area contributed by atoms with Gasteiger partial charge < -0.3 is 15.6 Å². The third kappa shape index (κ3) is 2.75. The first-order chi connectivity index (χ1) is 8.68. The van der Waals surface area contributed by atoms with Crippen LogP contribution in [0, 0.1) is 0 Å². The monoisotopic (exact) mass is 244 g/mol. The Morgan fingerprint density at radius 1 is 1.39 bits per heavy atom. The predicted octanol–water partition coefficient (Wildman–Crippen LogP) is 0.892. The molecule has 0 radical (unpaired) electrons. The maximum Gasteiger partial charge on any atom is 0.293 e. The minimum atomic E-state index is -0.169. The van der Waals surface area contributed by atoms with E-state index in [2.05, 4.69) is 10.3 Å². The second-order valence-electron chi connectivity index (χ2n) is 4.09. The van der Waals surface area contributed by atoms with Crippen molar-refractivity contribution in [2.45, 2.75) is 6.04 Å². The number of rotatable bonds is 4. The molecule has 0 saturated carbocycles. The molecule has 1 aromatic carbocycles. The van der Waals surface area contributed by atoms with E-state index in [1.54, 1.807) is 19.4 Å². The first-order valence-electron chi connectivity index (χ1n) is 5.74. The van der Waals surface area contributed by atoms with Gasteiger partial charge in [-0.25, -0.2) is 4.98 Å². The van der Waals surface area contributed by atoms with Crippen molar-refractivity contribution in [2.75, 3.05) is 11.9 Å². The molecule has 3 N–H and O–H groups in total. The Labute approximate surface area is 105 Å². The first kappa shape index (κ1) is 12.3. The van der Waals surface area contributed by atoms with E-state index in [0.717, 1.165) is 5.56 Å². The first-order valence-corrected chi connectivity index (χ1v) is 5.74. The fraction of sp³-hybridized carbons (Fsp3) is 0.231. The summed E-state index contributed by atoms with van der Waals surface area (Å²) in [6, 6.07) is 9.58. The number of anilines is 1.